The summed E-state index contributed by atoms with van der Waals surface area (Å²) in [5, 5.41) is 9.38. The Morgan fingerprint density at radius 3 is 2.82 bits per heavy atom. The van der Waals surface area contributed by atoms with E-state index in [1.165, 1.54) is 6.42 Å². The molecule has 0 spiro atoms. The summed E-state index contributed by atoms with van der Waals surface area (Å²) in [4.78, 5) is 0. The molecule has 64 valence electrons. The zero-order valence-corrected chi connectivity index (χ0v) is 7.51. The largest absolute Gasteiger partial charge is 0.393 e. The van der Waals surface area contributed by atoms with Crippen molar-refractivity contribution >= 4 is 0 Å². The summed E-state index contributed by atoms with van der Waals surface area (Å²) in [6.07, 6.45) is 6.34. The van der Waals surface area contributed by atoms with E-state index in [-0.39, 0.29) is 6.10 Å². The average molecular weight is 154 g/mol. The lowest BCUT2D eigenvalue weighted by molar-refractivity contribution is 0.141. The summed E-state index contributed by atoms with van der Waals surface area (Å²) in [6, 6.07) is 0. The van der Waals surface area contributed by atoms with Gasteiger partial charge < -0.3 is 5.11 Å². The molecule has 1 aliphatic carbocycles. The first-order valence-corrected chi connectivity index (χ1v) is 4.64. The van der Waals surface area contributed by atoms with Crippen molar-refractivity contribution in [2.75, 3.05) is 0 Å². The highest BCUT2D eigenvalue weighted by molar-refractivity contribution is 5.10. The maximum atomic E-state index is 9.38. The molecule has 0 aromatic carbocycles. The molecule has 1 nitrogen and oxygen atoms in total. The average Bonchev–Trinajstić information content (AvgIpc) is 2.04. The van der Waals surface area contributed by atoms with Crippen LogP contribution in [0.4, 0.5) is 0 Å². The van der Waals surface area contributed by atoms with Crippen molar-refractivity contribution in [2.45, 2.75) is 45.6 Å². The van der Waals surface area contributed by atoms with Crippen molar-refractivity contribution in [1.82, 2.24) is 0 Å². The van der Waals surface area contributed by atoms with Gasteiger partial charge in [-0.25, -0.2) is 0 Å². The molecule has 0 aromatic rings. The van der Waals surface area contributed by atoms with E-state index in [1.54, 1.807) is 5.57 Å². The quantitative estimate of drug-likeness (QED) is 0.606. The van der Waals surface area contributed by atoms with Crippen molar-refractivity contribution in [3.63, 3.8) is 0 Å². The van der Waals surface area contributed by atoms with E-state index in [2.05, 4.69) is 19.9 Å². The van der Waals surface area contributed by atoms with Gasteiger partial charge in [-0.15, -0.1) is 0 Å². The molecule has 0 bridgehead atoms. The highest BCUT2D eigenvalue weighted by Crippen LogP contribution is 2.29. The van der Waals surface area contributed by atoms with Crippen molar-refractivity contribution in [3.8, 4) is 0 Å². The lowest BCUT2D eigenvalue weighted by Gasteiger charge is -2.25. The zero-order valence-electron chi connectivity index (χ0n) is 7.51. The molecule has 0 fully saturated rings. The number of allylic oxidation sites excluding steroid dienone is 1. The van der Waals surface area contributed by atoms with Crippen LogP contribution in [-0.4, -0.2) is 11.2 Å². The highest BCUT2D eigenvalue weighted by atomic mass is 16.3. The monoisotopic (exact) mass is 154 g/mol. The van der Waals surface area contributed by atoms with Gasteiger partial charge in [0, 0.05) is 0 Å². The molecule has 2 atom stereocenters. The van der Waals surface area contributed by atoms with Gasteiger partial charge in [0.05, 0.1) is 6.10 Å². The summed E-state index contributed by atoms with van der Waals surface area (Å²) in [5.41, 5.74) is 1.55. The van der Waals surface area contributed by atoms with Crippen LogP contribution >= 0.6 is 0 Å². The van der Waals surface area contributed by atoms with Gasteiger partial charge in [0.1, 0.15) is 0 Å². The molecule has 0 aromatic heterocycles. The maximum Gasteiger partial charge on any atom is 0.0580 e. The molecule has 0 aliphatic heterocycles. The third-order valence-corrected chi connectivity index (χ3v) is 2.63. The van der Waals surface area contributed by atoms with Gasteiger partial charge >= 0.3 is 0 Å². The van der Waals surface area contributed by atoms with Gasteiger partial charge in [0.2, 0.25) is 0 Å². The molecule has 1 N–H and O–H groups in total. The van der Waals surface area contributed by atoms with Crippen LogP contribution < -0.4 is 0 Å². The molecular formula is C10H18O. The van der Waals surface area contributed by atoms with E-state index in [9.17, 15) is 5.11 Å². The number of aliphatic hydroxyl groups is 1. The van der Waals surface area contributed by atoms with E-state index < -0.39 is 0 Å². The van der Waals surface area contributed by atoms with Crippen LogP contribution in [0.15, 0.2) is 11.6 Å². The topological polar surface area (TPSA) is 20.2 Å². The van der Waals surface area contributed by atoms with E-state index in [0.717, 1.165) is 19.3 Å². The Bertz CT molecular complexity index is 149. The van der Waals surface area contributed by atoms with Gasteiger partial charge in [0.25, 0.3) is 0 Å². The predicted molar refractivity (Wildman–Crippen MR) is 47.4 cm³/mol. The Morgan fingerprint density at radius 2 is 2.27 bits per heavy atom. The second-order valence-electron chi connectivity index (χ2n) is 3.36. The standard InChI is InChI=1S/C10H18O/c1-3-8-5-6-10(11)7-9(8)4-2/h5,9-11H,3-4,6-7H2,1-2H3. The second kappa shape index (κ2) is 3.91. The molecule has 1 rings (SSSR count). The fourth-order valence-corrected chi connectivity index (χ4v) is 1.89. The molecule has 0 amide bonds. The summed E-state index contributed by atoms with van der Waals surface area (Å²) in [5.74, 6) is 0.656. The van der Waals surface area contributed by atoms with Gasteiger partial charge in [-0.3, -0.25) is 0 Å². The Balaban J connectivity index is 2.59. The Labute approximate surface area is 69.1 Å². The Hall–Kier alpha value is -0.300. The van der Waals surface area contributed by atoms with E-state index in [4.69, 9.17) is 0 Å². The minimum atomic E-state index is -0.0738. The van der Waals surface area contributed by atoms with Gasteiger partial charge in [0.15, 0.2) is 0 Å². The van der Waals surface area contributed by atoms with Gasteiger partial charge in [-0.05, 0) is 31.6 Å². The van der Waals surface area contributed by atoms with Crippen LogP contribution in [0.25, 0.3) is 0 Å². The number of rotatable bonds is 2. The molecule has 1 heteroatoms. The van der Waals surface area contributed by atoms with Crippen molar-refractivity contribution in [3.05, 3.63) is 11.6 Å². The van der Waals surface area contributed by atoms with Crippen molar-refractivity contribution in [1.29, 1.82) is 0 Å². The lowest BCUT2D eigenvalue weighted by Crippen LogP contribution is -2.18. The van der Waals surface area contributed by atoms with Crippen molar-refractivity contribution < 1.29 is 5.11 Å². The minimum Gasteiger partial charge on any atom is -0.393 e. The Morgan fingerprint density at radius 1 is 1.55 bits per heavy atom. The third-order valence-electron chi connectivity index (χ3n) is 2.63. The molecule has 1 aliphatic rings. The van der Waals surface area contributed by atoms with Gasteiger partial charge in [-0.2, -0.15) is 0 Å². The minimum absolute atomic E-state index is 0.0738. The second-order valence-corrected chi connectivity index (χ2v) is 3.36. The molecule has 2 unspecified atom stereocenters. The molecule has 0 radical (unpaired) electrons. The zero-order chi connectivity index (χ0) is 8.27. The van der Waals surface area contributed by atoms with Crippen molar-refractivity contribution in [2.24, 2.45) is 5.92 Å². The fourth-order valence-electron chi connectivity index (χ4n) is 1.89. The fraction of sp³-hybridized carbons (Fsp3) is 0.800. The van der Waals surface area contributed by atoms with E-state index in [0.29, 0.717) is 5.92 Å². The number of hydrogen-bond donors (Lipinski definition) is 1. The first-order valence-electron chi connectivity index (χ1n) is 4.64. The molecule has 0 saturated carbocycles. The Kier molecular flexibility index (Phi) is 3.13. The third kappa shape index (κ3) is 2.06. The van der Waals surface area contributed by atoms with Crippen LogP contribution in [0, 0.1) is 5.92 Å². The molecule has 11 heavy (non-hydrogen) atoms. The lowest BCUT2D eigenvalue weighted by atomic mass is 9.83. The molecular weight excluding hydrogens is 136 g/mol. The van der Waals surface area contributed by atoms with Crippen LogP contribution in [-0.2, 0) is 0 Å². The van der Waals surface area contributed by atoms with Crippen LogP contribution in [0.1, 0.15) is 39.5 Å². The number of hydrogen-bond acceptors (Lipinski definition) is 1. The molecule has 0 heterocycles. The number of aliphatic hydroxyl groups excluding tert-OH is 1. The van der Waals surface area contributed by atoms with E-state index >= 15 is 0 Å². The van der Waals surface area contributed by atoms with Crippen LogP contribution in [0.5, 0.6) is 0 Å². The maximum absolute atomic E-state index is 9.38. The van der Waals surface area contributed by atoms with Crippen LogP contribution in [0.3, 0.4) is 0 Å². The first-order chi connectivity index (χ1) is 5.27. The van der Waals surface area contributed by atoms with Crippen LogP contribution in [0.2, 0.25) is 0 Å². The van der Waals surface area contributed by atoms with E-state index in [1.807, 2.05) is 0 Å². The summed E-state index contributed by atoms with van der Waals surface area (Å²) in [6.45, 7) is 4.40. The van der Waals surface area contributed by atoms with Gasteiger partial charge in [-0.1, -0.05) is 25.5 Å². The summed E-state index contributed by atoms with van der Waals surface area (Å²) >= 11 is 0. The summed E-state index contributed by atoms with van der Waals surface area (Å²) in [7, 11) is 0. The summed E-state index contributed by atoms with van der Waals surface area (Å²) < 4.78 is 0. The normalized spacial score (nSPS) is 31.7. The molecule has 0 saturated heterocycles. The highest BCUT2D eigenvalue weighted by Gasteiger charge is 2.19. The first kappa shape index (κ1) is 8.79. The predicted octanol–water partition coefficient (Wildman–Crippen LogP) is 2.50. The smallest absolute Gasteiger partial charge is 0.0580 e. The SMILES string of the molecule is CCC1=CCC(O)CC1CC.